The minimum Gasteiger partial charge on any atom is -0.396 e. The van der Waals surface area contributed by atoms with Gasteiger partial charge in [-0.05, 0) is 30.7 Å². The van der Waals surface area contributed by atoms with Gasteiger partial charge in [0, 0.05) is 12.6 Å². The molecule has 2 unspecified atom stereocenters. The summed E-state index contributed by atoms with van der Waals surface area (Å²) in [5.74, 6) is 0.735. The standard InChI is InChI=1S/C13H29NO/c1-6-7-11(2)10-14-12(8-9-15)13(3,4)5/h11-12,14-15H,6-10H2,1-5H3. The summed E-state index contributed by atoms with van der Waals surface area (Å²) in [5, 5.41) is 12.6. The van der Waals surface area contributed by atoms with Crippen LogP contribution in [-0.2, 0) is 0 Å². The summed E-state index contributed by atoms with van der Waals surface area (Å²) in [4.78, 5) is 0. The second-order valence-electron chi connectivity index (χ2n) is 5.73. The Labute approximate surface area is 95.5 Å². The lowest BCUT2D eigenvalue weighted by atomic mass is 9.84. The molecule has 2 heteroatoms. The molecule has 0 aromatic rings. The summed E-state index contributed by atoms with van der Waals surface area (Å²) < 4.78 is 0. The van der Waals surface area contributed by atoms with E-state index >= 15 is 0 Å². The Kier molecular flexibility index (Phi) is 7.20. The molecule has 0 fully saturated rings. The Morgan fingerprint density at radius 1 is 1.20 bits per heavy atom. The predicted molar refractivity (Wildman–Crippen MR) is 67.0 cm³/mol. The highest BCUT2D eigenvalue weighted by atomic mass is 16.3. The van der Waals surface area contributed by atoms with Crippen LogP contribution in [0.3, 0.4) is 0 Å². The fourth-order valence-electron chi connectivity index (χ4n) is 1.91. The summed E-state index contributed by atoms with van der Waals surface area (Å²) in [6.45, 7) is 12.5. The Balaban J connectivity index is 3.96. The van der Waals surface area contributed by atoms with Gasteiger partial charge < -0.3 is 10.4 Å². The van der Waals surface area contributed by atoms with Gasteiger partial charge in [-0.2, -0.15) is 0 Å². The zero-order valence-corrected chi connectivity index (χ0v) is 11.1. The molecule has 0 bridgehead atoms. The van der Waals surface area contributed by atoms with Crippen molar-refractivity contribution in [3.63, 3.8) is 0 Å². The van der Waals surface area contributed by atoms with Crippen molar-refractivity contribution < 1.29 is 5.11 Å². The van der Waals surface area contributed by atoms with E-state index in [1.54, 1.807) is 0 Å². The Hall–Kier alpha value is -0.0800. The first kappa shape index (κ1) is 14.9. The van der Waals surface area contributed by atoms with E-state index in [0.29, 0.717) is 6.04 Å². The molecule has 0 heterocycles. The van der Waals surface area contributed by atoms with Gasteiger partial charge in [0.05, 0.1) is 0 Å². The van der Waals surface area contributed by atoms with Crippen LogP contribution in [0.15, 0.2) is 0 Å². The maximum absolute atomic E-state index is 9.03. The average molecular weight is 215 g/mol. The smallest absolute Gasteiger partial charge is 0.0446 e. The number of hydrogen-bond donors (Lipinski definition) is 2. The van der Waals surface area contributed by atoms with Crippen molar-refractivity contribution in [2.24, 2.45) is 11.3 Å². The van der Waals surface area contributed by atoms with Gasteiger partial charge in [-0.1, -0.05) is 41.0 Å². The van der Waals surface area contributed by atoms with Gasteiger partial charge in [-0.3, -0.25) is 0 Å². The van der Waals surface area contributed by atoms with Crippen LogP contribution in [0.5, 0.6) is 0 Å². The lowest BCUT2D eigenvalue weighted by molar-refractivity contribution is 0.192. The molecule has 0 saturated heterocycles. The molecule has 0 amide bonds. The monoisotopic (exact) mass is 215 g/mol. The average Bonchev–Trinajstić information content (AvgIpc) is 2.10. The van der Waals surface area contributed by atoms with E-state index in [2.05, 4.69) is 39.9 Å². The highest BCUT2D eigenvalue weighted by Gasteiger charge is 2.23. The molecule has 0 saturated carbocycles. The minimum absolute atomic E-state index is 0.231. The molecular formula is C13H29NO. The highest BCUT2D eigenvalue weighted by Crippen LogP contribution is 2.21. The molecule has 0 rings (SSSR count). The zero-order chi connectivity index (χ0) is 11.9. The summed E-state index contributed by atoms with van der Waals surface area (Å²) in [6, 6.07) is 0.418. The zero-order valence-electron chi connectivity index (χ0n) is 11.1. The molecule has 0 aliphatic rings. The molecule has 0 spiro atoms. The first-order valence-electron chi connectivity index (χ1n) is 6.26. The van der Waals surface area contributed by atoms with Crippen molar-refractivity contribution in [3.05, 3.63) is 0 Å². The van der Waals surface area contributed by atoms with Crippen LogP contribution in [0.25, 0.3) is 0 Å². The van der Waals surface area contributed by atoms with Gasteiger partial charge in [0.2, 0.25) is 0 Å². The van der Waals surface area contributed by atoms with E-state index in [-0.39, 0.29) is 12.0 Å². The largest absolute Gasteiger partial charge is 0.396 e. The van der Waals surface area contributed by atoms with Crippen LogP contribution >= 0.6 is 0 Å². The van der Waals surface area contributed by atoms with Crippen LogP contribution in [0.2, 0.25) is 0 Å². The quantitative estimate of drug-likeness (QED) is 0.684. The van der Waals surface area contributed by atoms with Crippen molar-refractivity contribution >= 4 is 0 Å². The second kappa shape index (κ2) is 7.24. The van der Waals surface area contributed by atoms with Gasteiger partial charge in [-0.15, -0.1) is 0 Å². The Bertz CT molecular complexity index is 151. The normalized spacial score (nSPS) is 16.4. The number of rotatable bonds is 7. The van der Waals surface area contributed by atoms with Crippen molar-refractivity contribution in [2.75, 3.05) is 13.2 Å². The molecule has 2 atom stereocenters. The van der Waals surface area contributed by atoms with Gasteiger partial charge in [-0.25, -0.2) is 0 Å². The third-order valence-corrected chi connectivity index (χ3v) is 2.96. The summed E-state index contributed by atoms with van der Waals surface area (Å²) in [5.41, 5.74) is 0.231. The van der Waals surface area contributed by atoms with Crippen molar-refractivity contribution in [1.82, 2.24) is 5.32 Å². The van der Waals surface area contributed by atoms with E-state index in [9.17, 15) is 0 Å². The summed E-state index contributed by atoms with van der Waals surface area (Å²) >= 11 is 0. The van der Waals surface area contributed by atoms with Crippen molar-refractivity contribution in [1.29, 1.82) is 0 Å². The Morgan fingerprint density at radius 3 is 2.20 bits per heavy atom. The van der Waals surface area contributed by atoms with E-state index in [1.807, 2.05) is 0 Å². The van der Waals surface area contributed by atoms with E-state index < -0.39 is 0 Å². The molecule has 0 aliphatic heterocycles. The molecule has 0 aromatic heterocycles. The minimum atomic E-state index is 0.231. The molecule has 2 N–H and O–H groups in total. The third-order valence-electron chi connectivity index (χ3n) is 2.96. The molecule has 15 heavy (non-hydrogen) atoms. The summed E-state index contributed by atoms with van der Waals surface area (Å²) in [7, 11) is 0. The molecule has 92 valence electrons. The third kappa shape index (κ3) is 6.91. The number of aliphatic hydroxyl groups excluding tert-OH is 1. The lowest BCUT2D eigenvalue weighted by Crippen LogP contribution is -2.42. The van der Waals surface area contributed by atoms with Crippen molar-refractivity contribution in [2.45, 2.75) is 59.9 Å². The van der Waals surface area contributed by atoms with E-state index in [4.69, 9.17) is 5.11 Å². The molecule has 0 radical (unpaired) electrons. The highest BCUT2D eigenvalue weighted by molar-refractivity contribution is 4.80. The number of hydrogen-bond acceptors (Lipinski definition) is 2. The first-order valence-corrected chi connectivity index (χ1v) is 6.26. The van der Waals surface area contributed by atoms with Gasteiger partial charge in [0.15, 0.2) is 0 Å². The van der Waals surface area contributed by atoms with Crippen LogP contribution < -0.4 is 5.32 Å². The Morgan fingerprint density at radius 2 is 1.80 bits per heavy atom. The second-order valence-corrected chi connectivity index (χ2v) is 5.73. The summed E-state index contributed by atoms with van der Waals surface area (Å²) in [6.07, 6.45) is 3.38. The molecule has 0 aliphatic carbocycles. The fourth-order valence-corrected chi connectivity index (χ4v) is 1.91. The fraction of sp³-hybridized carbons (Fsp3) is 1.00. The topological polar surface area (TPSA) is 32.3 Å². The lowest BCUT2D eigenvalue weighted by Gasteiger charge is -2.32. The predicted octanol–water partition coefficient (Wildman–Crippen LogP) is 2.81. The van der Waals surface area contributed by atoms with Crippen LogP contribution in [-0.4, -0.2) is 24.3 Å². The first-order chi connectivity index (χ1) is 6.91. The van der Waals surface area contributed by atoms with Crippen LogP contribution in [0.1, 0.15) is 53.9 Å². The molecule has 0 aromatic carbocycles. The van der Waals surface area contributed by atoms with Gasteiger partial charge in [0.25, 0.3) is 0 Å². The molecular weight excluding hydrogens is 186 g/mol. The molecule has 2 nitrogen and oxygen atoms in total. The maximum Gasteiger partial charge on any atom is 0.0446 e. The number of nitrogens with one attached hydrogen (secondary N) is 1. The van der Waals surface area contributed by atoms with Crippen LogP contribution in [0, 0.1) is 11.3 Å². The van der Waals surface area contributed by atoms with E-state index in [1.165, 1.54) is 12.8 Å². The number of aliphatic hydroxyl groups is 1. The van der Waals surface area contributed by atoms with Gasteiger partial charge in [0.1, 0.15) is 0 Å². The van der Waals surface area contributed by atoms with Gasteiger partial charge >= 0.3 is 0 Å². The SMILES string of the molecule is CCCC(C)CNC(CCO)C(C)(C)C. The van der Waals surface area contributed by atoms with Crippen LogP contribution in [0.4, 0.5) is 0 Å². The van der Waals surface area contributed by atoms with E-state index in [0.717, 1.165) is 18.9 Å². The van der Waals surface area contributed by atoms with Crippen molar-refractivity contribution in [3.8, 4) is 0 Å². The maximum atomic E-state index is 9.03.